The van der Waals surface area contributed by atoms with E-state index in [0.29, 0.717) is 6.42 Å². The molecule has 172 valence electrons. The van der Waals surface area contributed by atoms with Crippen LogP contribution in [0, 0.1) is 0 Å². The van der Waals surface area contributed by atoms with Crippen molar-refractivity contribution in [3.8, 4) is 0 Å². The summed E-state index contributed by atoms with van der Waals surface area (Å²) in [5, 5.41) is 69.4. The van der Waals surface area contributed by atoms with Gasteiger partial charge in [0.25, 0.3) is 0 Å². The second kappa shape index (κ2) is 12.1. The normalized spacial score (nSPS) is 43.4. The lowest BCUT2D eigenvalue weighted by molar-refractivity contribution is -0.359. The van der Waals surface area contributed by atoms with Crippen molar-refractivity contribution < 1.29 is 54.7 Å². The molecule has 0 aliphatic carbocycles. The molecule has 11 nitrogen and oxygen atoms in total. The molecule has 0 amide bonds. The summed E-state index contributed by atoms with van der Waals surface area (Å²) in [5.41, 5.74) is 0. The highest BCUT2D eigenvalue weighted by atomic mass is 32.1. The standard InChI is InChI=1S/C17H32O11S/c18-6-8-10(20)11(21)13(23)17(26-8)28-15-9(7-19)27-16(14(24)12(15)22)25-4-2-1-3-5-29/h8-24,29H,1-7H2/t8?,9?,10-,11?,12?,13-,14-,15-,16+,17-/m0/s1. The lowest BCUT2D eigenvalue weighted by Crippen LogP contribution is -2.64. The van der Waals surface area contributed by atoms with Crippen molar-refractivity contribution in [2.75, 3.05) is 25.6 Å². The van der Waals surface area contributed by atoms with E-state index < -0.39 is 74.6 Å². The third-order valence-corrected chi connectivity index (χ3v) is 5.36. The Morgan fingerprint density at radius 3 is 1.93 bits per heavy atom. The van der Waals surface area contributed by atoms with Gasteiger partial charge in [-0.3, -0.25) is 0 Å². The summed E-state index contributed by atoms with van der Waals surface area (Å²) in [7, 11) is 0. The van der Waals surface area contributed by atoms with Gasteiger partial charge in [0, 0.05) is 6.61 Å². The largest absolute Gasteiger partial charge is 0.394 e. The van der Waals surface area contributed by atoms with Gasteiger partial charge in [0.15, 0.2) is 12.6 Å². The lowest BCUT2D eigenvalue weighted by atomic mass is 9.97. The van der Waals surface area contributed by atoms with Gasteiger partial charge >= 0.3 is 0 Å². The van der Waals surface area contributed by atoms with Gasteiger partial charge in [0.05, 0.1) is 13.2 Å². The number of rotatable bonds is 10. The molecule has 2 heterocycles. The fraction of sp³-hybridized carbons (Fsp3) is 1.00. The van der Waals surface area contributed by atoms with Crippen LogP contribution in [0.4, 0.5) is 0 Å². The van der Waals surface area contributed by atoms with Crippen LogP contribution in [0.2, 0.25) is 0 Å². The Balaban J connectivity index is 1.98. The highest BCUT2D eigenvalue weighted by Crippen LogP contribution is 2.29. The van der Waals surface area contributed by atoms with E-state index in [0.717, 1.165) is 18.6 Å². The Labute approximate surface area is 174 Å². The van der Waals surface area contributed by atoms with Crippen LogP contribution in [-0.4, -0.2) is 123 Å². The summed E-state index contributed by atoms with van der Waals surface area (Å²) in [6.45, 7) is -0.965. The number of ether oxygens (including phenoxy) is 4. The quantitative estimate of drug-likeness (QED) is 0.125. The fourth-order valence-electron chi connectivity index (χ4n) is 3.28. The molecular weight excluding hydrogens is 412 g/mol. The van der Waals surface area contributed by atoms with Gasteiger partial charge < -0.3 is 54.7 Å². The Morgan fingerprint density at radius 2 is 1.31 bits per heavy atom. The van der Waals surface area contributed by atoms with Crippen LogP contribution >= 0.6 is 12.6 Å². The molecule has 0 aromatic heterocycles. The minimum absolute atomic E-state index is 0.276. The number of hydrogen-bond acceptors (Lipinski definition) is 12. The van der Waals surface area contributed by atoms with E-state index in [2.05, 4.69) is 12.6 Å². The predicted molar refractivity (Wildman–Crippen MR) is 100 cm³/mol. The molecule has 2 aliphatic heterocycles. The van der Waals surface area contributed by atoms with Crippen LogP contribution in [-0.2, 0) is 18.9 Å². The summed E-state index contributed by atoms with van der Waals surface area (Å²) in [6.07, 6.45) is -11.9. The number of thiol groups is 1. The van der Waals surface area contributed by atoms with E-state index >= 15 is 0 Å². The second-order valence-corrected chi connectivity index (χ2v) is 7.61. The van der Waals surface area contributed by atoms with Crippen LogP contribution in [0.1, 0.15) is 19.3 Å². The first kappa shape index (κ1) is 25.2. The third kappa shape index (κ3) is 6.21. The highest BCUT2D eigenvalue weighted by molar-refractivity contribution is 7.80. The smallest absolute Gasteiger partial charge is 0.187 e. The lowest BCUT2D eigenvalue weighted by Gasteiger charge is -2.45. The molecule has 12 heteroatoms. The summed E-state index contributed by atoms with van der Waals surface area (Å²) in [4.78, 5) is 0. The summed E-state index contributed by atoms with van der Waals surface area (Å²) >= 11 is 4.12. The van der Waals surface area contributed by atoms with E-state index in [9.17, 15) is 35.7 Å². The van der Waals surface area contributed by atoms with Crippen LogP contribution in [0.3, 0.4) is 0 Å². The van der Waals surface area contributed by atoms with Gasteiger partial charge in [-0.05, 0) is 18.6 Å². The maximum atomic E-state index is 10.5. The van der Waals surface area contributed by atoms with Crippen LogP contribution in [0.5, 0.6) is 0 Å². The average Bonchev–Trinajstić information content (AvgIpc) is 2.72. The monoisotopic (exact) mass is 444 g/mol. The first-order valence-corrected chi connectivity index (χ1v) is 10.3. The zero-order valence-electron chi connectivity index (χ0n) is 15.9. The number of hydrogen-bond donors (Lipinski definition) is 8. The van der Waals surface area contributed by atoms with Gasteiger partial charge in [-0.25, -0.2) is 0 Å². The second-order valence-electron chi connectivity index (χ2n) is 7.16. The van der Waals surface area contributed by atoms with E-state index in [1.165, 1.54) is 0 Å². The zero-order valence-corrected chi connectivity index (χ0v) is 16.8. The molecule has 0 aromatic carbocycles. The Bertz CT molecular complexity index is 469. The van der Waals surface area contributed by atoms with Crippen molar-refractivity contribution in [3.05, 3.63) is 0 Å². The van der Waals surface area contributed by atoms with Crippen molar-refractivity contribution in [3.63, 3.8) is 0 Å². The van der Waals surface area contributed by atoms with Crippen LogP contribution in [0.25, 0.3) is 0 Å². The summed E-state index contributed by atoms with van der Waals surface area (Å²) in [6, 6.07) is 0. The van der Waals surface area contributed by atoms with Crippen molar-refractivity contribution in [2.45, 2.75) is 80.7 Å². The van der Waals surface area contributed by atoms with Gasteiger partial charge in [-0.2, -0.15) is 12.6 Å². The molecule has 0 radical (unpaired) electrons. The minimum atomic E-state index is -1.70. The predicted octanol–water partition coefficient (Wildman–Crippen LogP) is -3.27. The van der Waals surface area contributed by atoms with Crippen molar-refractivity contribution in [1.82, 2.24) is 0 Å². The molecule has 7 N–H and O–H groups in total. The van der Waals surface area contributed by atoms with E-state index in [-0.39, 0.29) is 6.61 Å². The molecule has 4 unspecified atom stereocenters. The summed E-state index contributed by atoms with van der Waals surface area (Å²) < 4.78 is 21.7. The Hall–Kier alpha value is -0.0900. The first-order chi connectivity index (χ1) is 13.8. The number of unbranched alkanes of at least 4 members (excludes halogenated alkanes) is 2. The average molecular weight is 444 g/mol. The van der Waals surface area contributed by atoms with Gasteiger partial charge in [-0.1, -0.05) is 6.42 Å². The van der Waals surface area contributed by atoms with Crippen molar-refractivity contribution in [1.29, 1.82) is 0 Å². The fourth-order valence-corrected chi connectivity index (χ4v) is 3.51. The summed E-state index contributed by atoms with van der Waals surface area (Å²) in [5.74, 6) is 0.755. The highest BCUT2D eigenvalue weighted by Gasteiger charge is 2.50. The molecule has 0 bridgehead atoms. The molecule has 2 aliphatic rings. The minimum Gasteiger partial charge on any atom is -0.394 e. The molecule has 2 saturated heterocycles. The third-order valence-electron chi connectivity index (χ3n) is 5.04. The Morgan fingerprint density at radius 1 is 0.690 bits per heavy atom. The number of aliphatic hydroxyl groups is 7. The molecule has 0 spiro atoms. The molecule has 10 atom stereocenters. The van der Waals surface area contributed by atoms with Crippen molar-refractivity contribution >= 4 is 12.6 Å². The molecule has 0 aromatic rings. The Kier molecular flexibility index (Phi) is 10.5. The van der Waals surface area contributed by atoms with Gasteiger partial charge in [0.1, 0.15) is 48.8 Å². The topological polar surface area (TPSA) is 179 Å². The SMILES string of the molecule is OCC1O[C@@H](O[C@H]2C(CO)O[C@@H](OCCCCCS)[C@@H](O)C2O)[C@@H](O)C(O)[C@H]1O. The van der Waals surface area contributed by atoms with Crippen LogP contribution in [0.15, 0.2) is 0 Å². The molecular formula is C17H32O11S. The molecule has 0 saturated carbocycles. The van der Waals surface area contributed by atoms with Gasteiger partial charge in [0.2, 0.25) is 0 Å². The zero-order chi connectivity index (χ0) is 21.6. The van der Waals surface area contributed by atoms with Gasteiger partial charge in [-0.15, -0.1) is 0 Å². The molecule has 29 heavy (non-hydrogen) atoms. The first-order valence-electron chi connectivity index (χ1n) is 9.66. The van der Waals surface area contributed by atoms with E-state index in [1.807, 2.05) is 0 Å². The van der Waals surface area contributed by atoms with E-state index in [1.54, 1.807) is 0 Å². The maximum Gasteiger partial charge on any atom is 0.187 e. The molecule has 2 rings (SSSR count). The molecule has 2 fully saturated rings. The van der Waals surface area contributed by atoms with Crippen molar-refractivity contribution in [2.24, 2.45) is 0 Å². The van der Waals surface area contributed by atoms with E-state index in [4.69, 9.17) is 18.9 Å². The van der Waals surface area contributed by atoms with Crippen LogP contribution < -0.4 is 0 Å². The number of aliphatic hydroxyl groups excluding tert-OH is 7. The maximum absolute atomic E-state index is 10.5.